The molecule has 0 radical (unpaired) electrons. The standard InChI is InChI=1S/C22H22FN3O3S/c23-16-7-5-14(6-8-16)13-24-20(27)15-9-11-26(12-10-15)22(29)19-21(28)25-17-3-1-2-4-18(17)30-19/h1-8,15,19H,9-13H2,(H,24,27)(H,25,28)/t19-/m0/s1. The maximum absolute atomic E-state index is 13.0. The number of anilines is 1. The largest absolute Gasteiger partial charge is 0.352 e. The van der Waals surface area contributed by atoms with Crippen LogP contribution in [0, 0.1) is 11.7 Å². The first kappa shape index (κ1) is 20.4. The number of nitrogens with zero attached hydrogens (tertiary/aromatic N) is 1. The van der Waals surface area contributed by atoms with Crippen LogP contribution in [0.25, 0.3) is 0 Å². The molecular formula is C22H22FN3O3S. The van der Waals surface area contributed by atoms with E-state index in [1.165, 1.54) is 23.9 Å². The van der Waals surface area contributed by atoms with Gasteiger partial charge in [-0.1, -0.05) is 24.3 Å². The highest BCUT2D eigenvalue weighted by molar-refractivity contribution is 8.01. The van der Waals surface area contributed by atoms with Crippen molar-refractivity contribution in [1.82, 2.24) is 10.2 Å². The number of carbonyl (C=O) groups excluding carboxylic acids is 3. The summed E-state index contributed by atoms with van der Waals surface area (Å²) < 4.78 is 13.0. The molecule has 6 nitrogen and oxygen atoms in total. The summed E-state index contributed by atoms with van der Waals surface area (Å²) in [7, 11) is 0. The molecule has 0 unspecified atom stereocenters. The number of fused-ring (bicyclic) bond motifs is 1. The minimum Gasteiger partial charge on any atom is -0.352 e. The van der Waals surface area contributed by atoms with Gasteiger partial charge in [0.1, 0.15) is 5.82 Å². The molecule has 2 aromatic rings. The SMILES string of the molecule is O=C(NCc1ccc(F)cc1)C1CCN(C(=O)[C@H]2Sc3ccccc3NC2=O)CC1. The van der Waals surface area contributed by atoms with Gasteiger partial charge < -0.3 is 15.5 Å². The van der Waals surface area contributed by atoms with Crippen LogP contribution in [0.15, 0.2) is 53.4 Å². The average molecular weight is 428 g/mol. The van der Waals surface area contributed by atoms with Crippen molar-refractivity contribution in [3.63, 3.8) is 0 Å². The van der Waals surface area contributed by atoms with Gasteiger partial charge >= 0.3 is 0 Å². The van der Waals surface area contributed by atoms with Crippen molar-refractivity contribution in [2.45, 2.75) is 29.5 Å². The Kier molecular flexibility index (Phi) is 6.03. The molecule has 30 heavy (non-hydrogen) atoms. The lowest BCUT2D eigenvalue weighted by atomic mass is 9.95. The second-order valence-electron chi connectivity index (χ2n) is 7.43. The van der Waals surface area contributed by atoms with Gasteiger partial charge in [0.2, 0.25) is 17.7 Å². The Labute approximate surface area is 178 Å². The predicted molar refractivity (Wildman–Crippen MR) is 112 cm³/mol. The molecule has 2 aliphatic rings. The maximum Gasteiger partial charge on any atom is 0.247 e. The van der Waals surface area contributed by atoms with Crippen LogP contribution < -0.4 is 10.6 Å². The Morgan fingerprint density at radius 2 is 1.80 bits per heavy atom. The second-order valence-corrected chi connectivity index (χ2v) is 8.57. The summed E-state index contributed by atoms with van der Waals surface area (Å²) in [5, 5.41) is 4.88. The Balaban J connectivity index is 1.28. The van der Waals surface area contributed by atoms with E-state index in [1.54, 1.807) is 17.0 Å². The molecule has 1 atom stereocenters. The molecule has 0 spiro atoms. The Morgan fingerprint density at radius 1 is 1.10 bits per heavy atom. The number of benzene rings is 2. The fourth-order valence-corrected chi connectivity index (χ4v) is 4.75. The zero-order chi connectivity index (χ0) is 21.1. The monoisotopic (exact) mass is 427 g/mol. The van der Waals surface area contributed by atoms with Crippen molar-refractivity contribution in [2.24, 2.45) is 5.92 Å². The van der Waals surface area contributed by atoms with Crippen molar-refractivity contribution in [1.29, 1.82) is 0 Å². The topological polar surface area (TPSA) is 78.5 Å². The number of piperidine rings is 1. The fraction of sp³-hybridized carbons (Fsp3) is 0.318. The predicted octanol–water partition coefficient (Wildman–Crippen LogP) is 2.79. The van der Waals surface area contributed by atoms with E-state index in [2.05, 4.69) is 10.6 Å². The third-order valence-electron chi connectivity index (χ3n) is 5.41. The lowest BCUT2D eigenvalue weighted by Gasteiger charge is -2.34. The molecule has 0 aromatic heterocycles. The number of likely N-dealkylation sites (tertiary alicyclic amines) is 1. The van der Waals surface area contributed by atoms with Gasteiger partial charge in [0.05, 0.1) is 5.69 Å². The first-order valence-corrected chi connectivity index (χ1v) is 10.8. The van der Waals surface area contributed by atoms with Gasteiger partial charge in [-0.25, -0.2) is 4.39 Å². The van der Waals surface area contributed by atoms with Gasteiger partial charge in [0, 0.05) is 30.4 Å². The molecule has 2 heterocycles. The number of halogens is 1. The number of amides is 3. The number of hydrogen-bond acceptors (Lipinski definition) is 4. The summed E-state index contributed by atoms with van der Waals surface area (Å²) in [6, 6.07) is 13.4. The maximum atomic E-state index is 13.0. The van der Waals surface area contributed by atoms with E-state index < -0.39 is 5.25 Å². The molecule has 3 amide bonds. The summed E-state index contributed by atoms with van der Waals surface area (Å²) in [5.41, 5.74) is 1.56. The Hall–Kier alpha value is -2.87. The highest BCUT2D eigenvalue weighted by Gasteiger charge is 2.37. The van der Waals surface area contributed by atoms with Gasteiger partial charge in [-0.2, -0.15) is 0 Å². The molecule has 2 aromatic carbocycles. The molecular weight excluding hydrogens is 405 g/mol. The third kappa shape index (κ3) is 4.48. The van der Waals surface area contributed by atoms with E-state index in [0.717, 1.165) is 16.1 Å². The summed E-state index contributed by atoms with van der Waals surface area (Å²) in [6.07, 6.45) is 1.10. The summed E-state index contributed by atoms with van der Waals surface area (Å²) in [6.45, 7) is 1.23. The van der Waals surface area contributed by atoms with E-state index in [4.69, 9.17) is 0 Å². The summed E-state index contributed by atoms with van der Waals surface area (Å²) in [4.78, 5) is 40.3. The second kappa shape index (κ2) is 8.87. The number of carbonyl (C=O) groups is 3. The van der Waals surface area contributed by atoms with E-state index in [0.29, 0.717) is 32.5 Å². The average Bonchev–Trinajstić information content (AvgIpc) is 2.77. The number of para-hydroxylation sites is 1. The quantitative estimate of drug-likeness (QED) is 0.736. The van der Waals surface area contributed by atoms with Crippen molar-refractivity contribution >= 4 is 35.2 Å². The molecule has 2 N–H and O–H groups in total. The molecule has 2 aliphatic heterocycles. The first-order chi connectivity index (χ1) is 14.5. The minimum absolute atomic E-state index is 0.0647. The van der Waals surface area contributed by atoms with Crippen LogP contribution >= 0.6 is 11.8 Å². The van der Waals surface area contributed by atoms with Crippen LogP contribution in [0.5, 0.6) is 0 Å². The normalized spacial score (nSPS) is 19.0. The number of nitrogens with one attached hydrogen (secondary N) is 2. The first-order valence-electron chi connectivity index (χ1n) is 9.89. The van der Waals surface area contributed by atoms with Crippen LogP contribution in [0.3, 0.4) is 0 Å². The number of hydrogen-bond donors (Lipinski definition) is 2. The van der Waals surface area contributed by atoms with Gasteiger partial charge in [0.25, 0.3) is 0 Å². The van der Waals surface area contributed by atoms with Crippen molar-refractivity contribution < 1.29 is 18.8 Å². The van der Waals surface area contributed by atoms with Crippen LogP contribution in [0.4, 0.5) is 10.1 Å². The van der Waals surface area contributed by atoms with Gasteiger partial charge in [0.15, 0.2) is 5.25 Å². The van der Waals surface area contributed by atoms with Gasteiger partial charge in [-0.3, -0.25) is 14.4 Å². The number of thioether (sulfide) groups is 1. The fourth-order valence-electron chi connectivity index (χ4n) is 3.68. The molecule has 156 valence electrons. The van der Waals surface area contributed by atoms with Gasteiger partial charge in [-0.05, 0) is 42.7 Å². The smallest absolute Gasteiger partial charge is 0.247 e. The van der Waals surface area contributed by atoms with Crippen LogP contribution in [-0.2, 0) is 20.9 Å². The molecule has 0 bridgehead atoms. The molecule has 1 fully saturated rings. The Bertz CT molecular complexity index is 958. The highest BCUT2D eigenvalue weighted by Crippen LogP contribution is 2.36. The van der Waals surface area contributed by atoms with Crippen LogP contribution in [-0.4, -0.2) is 41.0 Å². The zero-order valence-electron chi connectivity index (χ0n) is 16.3. The minimum atomic E-state index is -0.802. The molecule has 0 aliphatic carbocycles. The molecule has 8 heteroatoms. The highest BCUT2D eigenvalue weighted by atomic mass is 32.2. The van der Waals surface area contributed by atoms with Crippen molar-refractivity contribution in [3.8, 4) is 0 Å². The Morgan fingerprint density at radius 3 is 2.53 bits per heavy atom. The molecule has 4 rings (SSSR count). The lowest BCUT2D eigenvalue weighted by molar-refractivity contribution is -0.137. The van der Waals surface area contributed by atoms with E-state index >= 15 is 0 Å². The third-order valence-corrected chi connectivity index (χ3v) is 6.67. The van der Waals surface area contributed by atoms with Crippen LogP contribution in [0.2, 0.25) is 0 Å². The summed E-state index contributed by atoms with van der Waals surface area (Å²) >= 11 is 1.27. The zero-order valence-corrected chi connectivity index (χ0v) is 17.1. The number of rotatable bonds is 4. The molecule has 0 saturated carbocycles. The van der Waals surface area contributed by atoms with Crippen molar-refractivity contribution in [3.05, 3.63) is 59.9 Å². The van der Waals surface area contributed by atoms with E-state index in [-0.39, 0.29) is 29.5 Å². The van der Waals surface area contributed by atoms with E-state index in [1.807, 2.05) is 24.3 Å². The van der Waals surface area contributed by atoms with Crippen LogP contribution in [0.1, 0.15) is 18.4 Å². The lowest BCUT2D eigenvalue weighted by Crippen LogP contribution is -2.49. The summed E-state index contributed by atoms with van der Waals surface area (Å²) in [5.74, 6) is -1.07. The van der Waals surface area contributed by atoms with E-state index in [9.17, 15) is 18.8 Å². The van der Waals surface area contributed by atoms with Gasteiger partial charge in [-0.15, -0.1) is 11.8 Å². The molecule has 1 saturated heterocycles. The van der Waals surface area contributed by atoms with Crippen molar-refractivity contribution in [2.75, 3.05) is 18.4 Å².